The summed E-state index contributed by atoms with van der Waals surface area (Å²) in [4.78, 5) is -1.13. The van der Waals surface area contributed by atoms with Crippen molar-refractivity contribution in [3.05, 3.63) is 65.7 Å². The molecule has 4 atom stereocenters. The van der Waals surface area contributed by atoms with Crippen molar-refractivity contribution in [2.45, 2.75) is 99.8 Å². The van der Waals surface area contributed by atoms with Crippen LogP contribution in [0.3, 0.4) is 0 Å². The van der Waals surface area contributed by atoms with E-state index in [0.29, 0.717) is 13.2 Å². The second kappa shape index (κ2) is 10.9. The molecule has 2 saturated heterocycles. The Morgan fingerprint density at radius 1 is 1.05 bits per heavy atom. The summed E-state index contributed by atoms with van der Waals surface area (Å²) in [5.41, 5.74) is 2.04. The highest BCUT2D eigenvalue weighted by molar-refractivity contribution is 7.93. The van der Waals surface area contributed by atoms with Crippen molar-refractivity contribution in [2.24, 2.45) is 0 Å². The number of hydrogen-bond donors (Lipinski definition) is 0. The lowest BCUT2D eigenvalue weighted by Gasteiger charge is -2.43. The van der Waals surface area contributed by atoms with Crippen LogP contribution in [-0.2, 0) is 35.1 Å². The Morgan fingerprint density at radius 2 is 1.73 bits per heavy atom. The normalized spacial score (nSPS) is 26.7. The third-order valence-corrected chi connectivity index (χ3v) is 14.9. The van der Waals surface area contributed by atoms with Gasteiger partial charge in [-0.25, -0.2) is 8.42 Å². The van der Waals surface area contributed by atoms with E-state index in [1.54, 1.807) is 12.1 Å². The minimum atomic E-state index is -3.81. The molecule has 0 unspecified atom stereocenters. The number of epoxide rings is 1. The molecule has 0 radical (unpaired) electrons. The van der Waals surface area contributed by atoms with E-state index in [0.717, 1.165) is 24.0 Å². The summed E-state index contributed by atoms with van der Waals surface area (Å²) in [6, 6.07) is 16.8. The van der Waals surface area contributed by atoms with Gasteiger partial charge in [0.2, 0.25) is 14.8 Å². The van der Waals surface area contributed by atoms with Gasteiger partial charge in [0.25, 0.3) is 0 Å². The lowest BCUT2D eigenvalue weighted by molar-refractivity contribution is -0.0752. The van der Waals surface area contributed by atoms with Crippen molar-refractivity contribution >= 4 is 18.2 Å². The summed E-state index contributed by atoms with van der Waals surface area (Å²) in [5.74, 6) is 0. The minimum Gasteiger partial charge on any atom is -0.411 e. The highest BCUT2D eigenvalue weighted by Gasteiger charge is 2.68. The number of aryl methyl sites for hydroxylation is 1. The highest BCUT2D eigenvalue weighted by atomic mass is 32.2. The molecule has 6 nitrogen and oxygen atoms in total. The number of rotatable bonds is 10. The number of benzene rings is 2. The fourth-order valence-corrected chi connectivity index (χ4v) is 7.96. The number of hydrogen-bond acceptors (Lipinski definition) is 6. The summed E-state index contributed by atoms with van der Waals surface area (Å²) in [6.07, 6.45) is 0.894. The third-order valence-electron chi connectivity index (χ3n) is 8.06. The van der Waals surface area contributed by atoms with Crippen molar-refractivity contribution in [2.75, 3.05) is 13.2 Å². The monoisotopic (exact) mass is 546 g/mol. The topological polar surface area (TPSA) is 74.4 Å². The molecule has 0 bridgehead atoms. The standard InChI is InChI=1S/C29H42O6SSi/c1-22-14-16-24(17-15-22)36(30,31)29(27(34-29)21-32-20-23-11-8-7-9-12-23)19-26-25(13-10-18-33-26)35-37(5,6)28(2,3)4/h7-9,11-12,14-17,25-27H,10,13,18-21H2,1-6H3/t25-,26+,27+,29-/m0/s1. The molecular weight excluding hydrogens is 504 g/mol. The molecule has 204 valence electrons. The molecule has 0 aromatic heterocycles. The van der Waals surface area contributed by atoms with E-state index in [2.05, 4.69) is 33.9 Å². The van der Waals surface area contributed by atoms with Gasteiger partial charge in [-0.15, -0.1) is 0 Å². The van der Waals surface area contributed by atoms with E-state index >= 15 is 0 Å². The number of sulfone groups is 1. The van der Waals surface area contributed by atoms with Crippen LogP contribution in [0.15, 0.2) is 59.5 Å². The SMILES string of the molecule is Cc1ccc(S(=O)(=O)[C@]2(C[C@H]3OCCC[C@@H]3O[Si](C)(C)C(C)(C)C)O[C@@H]2COCc2ccccc2)cc1. The molecule has 2 aliphatic heterocycles. The number of ether oxygens (including phenoxy) is 3. The van der Waals surface area contributed by atoms with Gasteiger partial charge < -0.3 is 18.6 Å². The van der Waals surface area contributed by atoms with Crippen LogP contribution in [0.2, 0.25) is 18.1 Å². The molecule has 2 heterocycles. The van der Waals surface area contributed by atoms with E-state index < -0.39 is 29.2 Å². The maximum atomic E-state index is 14.0. The van der Waals surface area contributed by atoms with Crippen LogP contribution in [0, 0.1) is 6.92 Å². The van der Waals surface area contributed by atoms with E-state index in [4.69, 9.17) is 18.6 Å². The zero-order valence-electron chi connectivity index (χ0n) is 23.0. The van der Waals surface area contributed by atoms with Crippen molar-refractivity contribution in [1.29, 1.82) is 0 Å². The summed E-state index contributed by atoms with van der Waals surface area (Å²) in [7, 11) is -5.89. The van der Waals surface area contributed by atoms with E-state index in [1.165, 1.54) is 0 Å². The van der Waals surface area contributed by atoms with Crippen LogP contribution in [0.4, 0.5) is 0 Å². The van der Waals surface area contributed by atoms with Gasteiger partial charge in [-0.3, -0.25) is 0 Å². The molecule has 0 N–H and O–H groups in total. The summed E-state index contributed by atoms with van der Waals surface area (Å²) < 4.78 is 53.1. The Balaban J connectivity index is 1.56. The predicted octanol–water partition coefficient (Wildman–Crippen LogP) is 6.04. The zero-order chi connectivity index (χ0) is 26.9. The molecule has 2 aromatic carbocycles. The molecule has 2 fully saturated rings. The maximum Gasteiger partial charge on any atom is 0.210 e. The smallest absolute Gasteiger partial charge is 0.210 e. The fourth-order valence-electron chi connectivity index (χ4n) is 4.64. The van der Waals surface area contributed by atoms with Crippen LogP contribution in [0.1, 0.15) is 51.2 Å². The van der Waals surface area contributed by atoms with Gasteiger partial charge in [0, 0.05) is 13.0 Å². The second-order valence-electron chi connectivity index (χ2n) is 11.9. The van der Waals surface area contributed by atoms with Crippen molar-refractivity contribution in [1.82, 2.24) is 0 Å². The van der Waals surface area contributed by atoms with Gasteiger partial charge in [0.15, 0.2) is 8.32 Å². The van der Waals surface area contributed by atoms with Crippen molar-refractivity contribution < 1.29 is 27.1 Å². The molecule has 0 spiro atoms. The fraction of sp³-hybridized carbons (Fsp3) is 0.586. The Morgan fingerprint density at radius 3 is 2.38 bits per heavy atom. The minimum absolute atomic E-state index is 0.0462. The molecule has 0 aliphatic carbocycles. The molecule has 37 heavy (non-hydrogen) atoms. The molecule has 2 aliphatic rings. The first-order valence-electron chi connectivity index (χ1n) is 13.3. The second-order valence-corrected chi connectivity index (χ2v) is 18.8. The van der Waals surface area contributed by atoms with Gasteiger partial charge >= 0.3 is 0 Å². The molecular formula is C29H42O6SSi. The van der Waals surface area contributed by atoms with Crippen molar-refractivity contribution in [3.63, 3.8) is 0 Å². The Hall–Kier alpha value is -1.55. The summed E-state index contributed by atoms with van der Waals surface area (Å²) in [5, 5.41) is 0.0462. The van der Waals surface area contributed by atoms with E-state index in [-0.39, 0.29) is 35.2 Å². The van der Waals surface area contributed by atoms with Crippen LogP contribution >= 0.6 is 0 Å². The highest BCUT2D eigenvalue weighted by Crippen LogP contribution is 2.50. The maximum absolute atomic E-state index is 14.0. The Labute approximate surface area is 223 Å². The average Bonchev–Trinajstić information content (AvgIpc) is 3.55. The van der Waals surface area contributed by atoms with Crippen LogP contribution in [-0.4, -0.2) is 53.2 Å². The zero-order valence-corrected chi connectivity index (χ0v) is 24.8. The summed E-state index contributed by atoms with van der Waals surface area (Å²) in [6.45, 7) is 14.2. The first-order valence-corrected chi connectivity index (χ1v) is 17.7. The van der Waals surface area contributed by atoms with Gasteiger partial charge in [-0.2, -0.15) is 0 Å². The predicted molar refractivity (Wildman–Crippen MR) is 148 cm³/mol. The first kappa shape index (κ1) is 28.5. The average molecular weight is 547 g/mol. The van der Waals surface area contributed by atoms with Crippen molar-refractivity contribution in [3.8, 4) is 0 Å². The van der Waals surface area contributed by atoms with Gasteiger partial charge in [0.1, 0.15) is 6.10 Å². The summed E-state index contributed by atoms with van der Waals surface area (Å²) >= 11 is 0. The molecule has 0 saturated carbocycles. The van der Waals surface area contributed by atoms with E-state index in [1.807, 2.05) is 49.4 Å². The Bertz CT molecular complexity index is 1140. The molecule has 4 rings (SSSR count). The largest absolute Gasteiger partial charge is 0.411 e. The lowest BCUT2D eigenvalue weighted by Crippen LogP contribution is -2.50. The van der Waals surface area contributed by atoms with E-state index in [9.17, 15) is 8.42 Å². The molecule has 8 heteroatoms. The first-order chi connectivity index (χ1) is 17.4. The lowest BCUT2D eigenvalue weighted by atomic mass is 10.0. The quantitative estimate of drug-likeness (QED) is 0.267. The molecule has 2 aromatic rings. The third kappa shape index (κ3) is 6.21. The van der Waals surface area contributed by atoms with Gasteiger partial charge in [-0.1, -0.05) is 68.8 Å². The Kier molecular flexibility index (Phi) is 8.39. The van der Waals surface area contributed by atoms with Gasteiger partial charge in [-0.05, 0) is 55.6 Å². The van der Waals surface area contributed by atoms with Crippen LogP contribution in [0.25, 0.3) is 0 Å². The van der Waals surface area contributed by atoms with Crippen LogP contribution in [0.5, 0.6) is 0 Å². The van der Waals surface area contributed by atoms with Gasteiger partial charge in [0.05, 0.1) is 30.3 Å². The van der Waals surface area contributed by atoms with Crippen LogP contribution < -0.4 is 0 Å². The molecule has 0 amide bonds.